The number of anilines is 1. The number of carbonyl (C=O) groups is 1. The van der Waals surface area contributed by atoms with E-state index >= 15 is 0 Å². The predicted molar refractivity (Wildman–Crippen MR) is 84.5 cm³/mol. The van der Waals surface area contributed by atoms with Crippen molar-refractivity contribution in [2.24, 2.45) is 0 Å². The summed E-state index contributed by atoms with van der Waals surface area (Å²) < 4.78 is 10.7. The Hall–Kier alpha value is -2.50. The third-order valence-corrected chi connectivity index (χ3v) is 4.26. The highest BCUT2D eigenvalue weighted by atomic mass is 16.7. The van der Waals surface area contributed by atoms with Crippen LogP contribution in [0.1, 0.15) is 18.4 Å². The molecule has 6 heteroatoms. The van der Waals surface area contributed by atoms with Gasteiger partial charge < -0.3 is 14.8 Å². The van der Waals surface area contributed by atoms with Gasteiger partial charge in [0.1, 0.15) is 13.7 Å². The summed E-state index contributed by atoms with van der Waals surface area (Å²) >= 11 is 0. The standard InChI is InChI=1S/C16H15BN2O3/c17-11-2-4-14(18-8-11)19-15(20)16(5-6-16)10-1-3-12-13(7-10)22-9-21-12/h1-4,7-8H,5-6,9,17H2,(H,18,19,20). The maximum atomic E-state index is 12.7. The lowest BCUT2D eigenvalue weighted by atomic mass is 9.94. The lowest BCUT2D eigenvalue weighted by Gasteiger charge is -2.16. The molecule has 1 aliphatic carbocycles. The lowest BCUT2D eigenvalue weighted by molar-refractivity contribution is -0.118. The van der Waals surface area contributed by atoms with E-state index in [0.29, 0.717) is 11.6 Å². The van der Waals surface area contributed by atoms with E-state index < -0.39 is 5.41 Å². The van der Waals surface area contributed by atoms with E-state index in [1.54, 1.807) is 6.20 Å². The van der Waals surface area contributed by atoms with Crippen molar-refractivity contribution < 1.29 is 14.3 Å². The van der Waals surface area contributed by atoms with E-state index in [1.807, 2.05) is 38.2 Å². The van der Waals surface area contributed by atoms with Crippen LogP contribution in [0.25, 0.3) is 0 Å². The largest absolute Gasteiger partial charge is 0.454 e. The monoisotopic (exact) mass is 294 g/mol. The molecule has 1 aromatic carbocycles. The molecule has 0 atom stereocenters. The van der Waals surface area contributed by atoms with Crippen LogP contribution < -0.4 is 20.3 Å². The van der Waals surface area contributed by atoms with Crippen molar-refractivity contribution in [1.29, 1.82) is 0 Å². The van der Waals surface area contributed by atoms with E-state index in [9.17, 15) is 4.79 Å². The SMILES string of the molecule is Bc1ccc(NC(=O)C2(c3ccc4c(c3)OCO4)CC2)nc1. The molecule has 2 aromatic rings. The number of nitrogens with zero attached hydrogens (tertiary/aromatic N) is 1. The van der Waals surface area contributed by atoms with Gasteiger partial charge in [0, 0.05) is 6.20 Å². The summed E-state index contributed by atoms with van der Waals surface area (Å²) in [6.07, 6.45) is 3.42. The molecule has 0 saturated heterocycles. The average Bonchev–Trinajstić information content (AvgIpc) is 3.21. The number of amides is 1. The molecule has 4 rings (SSSR count). The van der Waals surface area contributed by atoms with Gasteiger partial charge in [0.25, 0.3) is 0 Å². The molecular weight excluding hydrogens is 279 g/mol. The summed E-state index contributed by atoms with van der Waals surface area (Å²) in [5.41, 5.74) is 1.57. The Bertz CT molecular complexity index is 742. The molecule has 1 aliphatic heterocycles. The van der Waals surface area contributed by atoms with Crippen LogP contribution in [-0.2, 0) is 10.2 Å². The van der Waals surface area contributed by atoms with Crippen molar-refractivity contribution in [3.8, 4) is 11.5 Å². The van der Waals surface area contributed by atoms with E-state index in [4.69, 9.17) is 9.47 Å². The summed E-state index contributed by atoms with van der Waals surface area (Å²) in [6.45, 7) is 0.241. The van der Waals surface area contributed by atoms with Crippen molar-refractivity contribution in [3.63, 3.8) is 0 Å². The zero-order chi connectivity index (χ0) is 15.2. The molecule has 1 fully saturated rings. The van der Waals surface area contributed by atoms with Crippen LogP contribution in [0.4, 0.5) is 5.82 Å². The number of hydrogen-bond acceptors (Lipinski definition) is 4. The number of hydrogen-bond donors (Lipinski definition) is 1. The molecule has 0 unspecified atom stereocenters. The molecule has 5 nitrogen and oxygen atoms in total. The second-order valence-electron chi connectivity index (χ2n) is 5.83. The summed E-state index contributed by atoms with van der Waals surface area (Å²) in [4.78, 5) is 16.9. The molecule has 110 valence electrons. The molecule has 0 spiro atoms. The Morgan fingerprint density at radius 1 is 1.18 bits per heavy atom. The Labute approximate surface area is 129 Å². The highest BCUT2D eigenvalue weighted by Gasteiger charge is 2.51. The number of aromatic nitrogens is 1. The summed E-state index contributed by atoms with van der Waals surface area (Å²) in [5, 5.41) is 2.92. The quantitative estimate of drug-likeness (QED) is 0.848. The van der Waals surface area contributed by atoms with E-state index in [2.05, 4.69) is 10.3 Å². The fraction of sp³-hybridized carbons (Fsp3) is 0.250. The van der Waals surface area contributed by atoms with Gasteiger partial charge in [-0.15, -0.1) is 0 Å². The van der Waals surface area contributed by atoms with Crippen molar-refractivity contribution in [2.75, 3.05) is 12.1 Å². The van der Waals surface area contributed by atoms with Crippen LogP contribution in [0, 0.1) is 0 Å². The normalized spacial score (nSPS) is 17.1. The molecule has 1 N–H and O–H groups in total. The van der Waals surface area contributed by atoms with Gasteiger partial charge in [-0.25, -0.2) is 4.98 Å². The molecule has 1 amide bonds. The van der Waals surface area contributed by atoms with Gasteiger partial charge in [-0.05, 0) is 36.6 Å². The van der Waals surface area contributed by atoms with Gasteiger partial charge in [-0.1, -0.05) is 17.6 Å². The molecule has 1 saturated carbocycles. The topological polar surface area (TPSA) is 60.5 Å². The molecule has 0 radical (unpaired) electrons. The highest BCUT2D eigenvalue weighted by molar-refractivity contribution is 6.32. The van der Waals surface area contributed by atoms with E-state index in [-0.39, 0.29) is 12.7 Å². The van der Waals surface area contributed by atoms with E-state index in [0.717, 1.165) is 29.6 Å². The predicted octanol–water partition coefficient (Wildman–Crippen LogP) is 0.739. The first kappa shape index (κ1) is 13.2. The average molecular weight is 294 g/mol. The number of rotatable bonds is 3. The van der Waals surface area contributed by atoms with Gasteiger partial charge in [0.2, 0.25) is 12.7 Å². The Morgan fingerprint density at radius 3 is 2.73 bits per heavy atom. The first-order valence-electron chi connectivity index (χ1n) is 7.32. The van der Waals surface area contributed by atoms with Crippen LogP contribution in [-0.4, -0.2) is 25.5 Å². The molecular formula is C16H15BN2O3. The Kier molecular flexibility index (Phi) is 2.85. The molecule has 0 bridgehead atoms. The molecule has 2 heterocycles. The Balaban J connectivity index is 1.58. The van der Waals surface area contributed by atoms with Crippen molar-refractivity contribution in [1.82, 2.24) is 4.98 Å². The molecule has 1 aromatic heterocycles. The zero-order valence-corrected chi connectivity index (χ0v) is 12.3. The van der Waals surface area contributed by atoms with Gasteiger partial charge in [-0.3, -0.25) is 4.79 Å². The minimum absolute atomic E-state index is 0.0114. The summed E-state index contributed by atoms with van der Waals surface area (Å²) in [7, 11) is 1.97. The number of carbonyl (C=O) groups excluding carboxylic acids is 1. The van der Waals surface area contributed by atoms with Gasteiger partial charge in [-0.2, -0.15) is 0 Å². The first-order valence-corrected chi connectivity index (χ1v) is 7.32. The smallest absolute Gasteiger partial charge is 0.236 e. The number of pyridine rings is 1. The number of fused-ring (bicyclic) bond motifs is 1. The van der Waals surface area contributed by atoms with Crippen LogP contribution >= 0.6 is 0 Å². The van der Waals surface area contributed by atoms with E-state index in [1.165, 1.54) is 0 Å². The third kappa shape index (κ3) is 2.11. The minimum Gasteiger partial charge on any atom is -0.454 e. The number of nitrogens with one attached hydrogen (secondary N) is 1. The minimum atomic E-state index is -0.465. The third-order valence-electron chi connectivity index (χ3n) is 4.26. The van der Waals surface area contributed by atoms with Crippen LogP contribution in [0.15, 0.2) is 36.5 Å². The second-order valence-corrected chi connectivity index (χ2v) is 5.83. The van der Waals surface area contributed by atoms with Gasteiger partial charge in [0.15, 0.2) is 11.5 Å². The maximum Gasteiger partial charge on any atom is 0.236 e. The highest BCUT2D eigenvalue weighted by Crippen LogP contribution is 2.51. The second kappa shape index (κ2) is 4.76. The fourth-order valence-electron chi connectivity index (χ4n) is 2.74. The number of ether oxygens (including phenoxy) is 2. The van der Waals surface area contributed by atoms with Crippen LogP contribution in [0.3, 0.4) is 0 Å². The molecule has 2 aliphatic rings. The maximum absolute atomic E-state index is 12.7. The van der Waals surface area contributed by atoms with Crippen LogP contribution in [0.5, 0.6) is 11.5 Å². The Morgan fingerprint density at radius 2 is 2.00 bits per heavy atom. The van der Waals surface area contributed by atoms with Crippen LogP contribution in [0.2, 0.25) is 0 Å². The lowest BCUT2D eigenvalue weighted by Crippen LogP contribution is -2.28. The van der Waals surface area contributed by atoms with Crippen molar-refractivity contribution in [2.45, 2.75) is 18.3 Å². The number of benzene rings is 1. The zero-order valence-electron chi connectivity index (χ0n) is 12.3. The van der Waals surface area contributed by atoms with Crippen molar-refractivity contribution >= 4 is 25.0 Å². The summed E-state index contributed by atoms with van der Waals surface area (Å²) in [5.74, 6) is 2.02. The van der Waals surface area contributed by atoms with Gasteiger partial charge >= 0.3 is 0 Å². The molecule has 22 heavy (non-hydrogen) atoms. The van der Waals surface area contributed by atoms with Gasteiger partial charge in [0.05, 0.1) is 5.41 Å². The van der Waals surface area contributed by atoms with Crippen molar-refractivity contribution in [3.05, 3.63) is 42.1 Å². The fourth-order valence-corrected chi connectivity index (χ4v) is 2.74. The summed E-state index contributed by atoms with van der Waals surface area (Å²) in [6, 6.07) is 9.49. The first-order chi connectivity index (χ1) is 10.7.